The van der Waals surface area contributed by atoms with Crippen LogP contribution in [0.5, 0.6) is 0 Å². The summed E-state index contributed by atoms with van der Waals surface area (Å²) in [6.07, 6.45) is 2.75. The Morgan fingerprint density at radius 3 is 2.83 bits per heavy atom. The summed E-state index contributed by atoms with van der Waals surface area (Å²) in [5.74, 6) is -2.62. The van der Waals surface area contributed by atoms with Gasteiger partial charge in [-0.3, -0.25) is 4.79 Å². The summed E-state index contributed by atoms with van der Waals surface area (Å²) in [6, 6.07) is 0. The van der Waals surface area contributed by atoms with Crippen molar-refractivity contribution < 1.29 is 18.7 Å². The highest BCUT2D eigenvalue weighted by Crippen LogP contribution is 2.58. The first-order valence-electron chi connectivity index (χ1n) is 3.61. The third kappa shape index (κ3) is 0.605. The molecule has 3 nitrogen and oxygen atoms in total. The van der Waals surface area contributed by atoms with Crippen molar-refractivity contribution in [2.45, 2.75) is 5.67 Å². The summed E-state index contributed by atoms with van der Waals surface area (Å²) in [5, 5.41) is 0. The summed E-state index contributed by atoms with van der Waals surface area (Å²) < 4.78 is 17.8. The fourth-order valence-electron chi connectivity index (χ4n) is 1.74. The van der Waals surface area contributed by atoms with Gasteiger partial charge in [0.2, 0.25) is 5.67 Å². The Labute approximate surface area is 68.2 Å². The number of ketones is 1. The molecule has 0 saturated heterocycles. The van der Waals surface area contributed by atoms with Gasteiger partial charge in [0.15, 0.2) is 5.78 Å². The average Bonchev–Trinajstić information content (AvgIpc) is 2.44. The molecular formula is C8H7FO3. The molecule has 0 radical (unpaired) electrons. The Morgan fingerprint density at radius 2 is 2.42 bits per heavy atom. The van der Waals surface area contributed by atoms with E-state index in [4.69, 9.17) is 0 Å². The maximum atomic E-state index is 13.5. The molecule has 2 aliphatic rings. The van der Waals surface area contributed by atoms with E-state index in [-0.39, 0.29) is 5.78 Å². The smallest absolute Gasteiger partial charge is 0.345 e. The Kier molecular flexibility index (Phi) is 1.21. The van der Waals surface area contributed by atoms with Gasteiger partial charge in [0.1, 0.15) is 0 Å². The summed E-state index contributed by atoms with van der Waals surface area (Å²) >= 11 is 0. The van der Waals surface area contributed by atoms with Crippen LogP contribution < -0.4 is 0 Å². The predicted molar refractivity (Wildman–Crippen MR) is 37.0 cm³/mol. The van der Waals surface area contributed by atoms with Gasteiger partial charge in [-0.1, -0.05) is 6.08 Å². The molecule has 1 saturated carbocycles. The molecule has 2 aliphatic carbocycles. The summed E-state index contributed by atoms with van der Waals surface area (Å²) in [4.78, 5) is 21.8. The zero-order valence-electron chi connectivity index (χ0n) is 6.41. The van der Waals surface area contributed by atoms with Crippen LogP contribution in [0.1, 0.15) is 0 Å². The molecular weight excluding hydrogens is 163 g/mol. The van der Waals surface area contributed by atoms with E-state index in [1.54, 1.807) is 0 Å². The minimum absolute atomic E-state index is 0.312. The number of allylic oxidation sites excluding steroid dienone is 2. The number of methoxy groups -OCH3 is 1. The van der Waals surface area contributed by atoms with Crippen LogP contribution in [0.2, 0.25) is 0 Å². The van der Waals surface area contributed by atoms with E-state index >= 15 is 0 Å². The Bertz CT molecular complexity index is 297. The largest absolute Gasteiger partial charge is 0.467 e. The average molecular weight is 170 g/mol. The molecule has 0 unspecified atom stereocenters. The van der Waals surface area contributed by atoms with Crippen LogP contribution in [0, 0.1) is 11.8 Å². The number of halogens is 1. The zero-order valence-corrected chi connectivity index (χ0v) is 6.41. The van der Waals surface area contributed by atoms with Crippen LogP contribution in [0.4, 0.5) is 4.39 Å². The van der Waals surface area contributed by atoms with Crippen LogP contribution in [0.25, 0.3) is 0 Å². The molecule has 2 rings (SSSR count). The number of ether oxygens (including phenoxy) is 1. The highest BCUT2D eigenvalue weighted by molar-refractivity contribution is 6.06. The highest BCUT2D eigenvalue weighted by atomic mass is 19.1. The lowest BCUT2D eigenvalue weighted by Crippen LogP contribution is -2.25. The fraction of sp³-hybridized carbons (Fsp3) is 0.500. The normalized spacial score (nSPS) is 42.7. The second kappa shape index (κ2) is 1.94. The predicted octanol–water partition coefficient (Wildman–Crippen LogP) is 0.253. The molecule has 0 bridgehead atoms. The molecule has 0 aromatic rings. The molecule has 64 valence electrons. The van der Waals surface area contributed by atoms with Gasteiger partial charge in [-0.25, -0.2) is 9.18 Å². The van der Waals surface area contributed by atoms with Gasteiger partial charge in [0.05, 0.1) is 13.0 Å². The third-order valence-electron chi connectivity index (χ3n) is 2.46. The van der Waals surface area contributed by atoms with Crippen molar-refractivity contribution in [1.29, 1.82) is 0 Å². The van der Waals surface area contributed by atoms with E-state index in [0.29, 0.717) is 0 Å². The molecule has 0 aromatic heterocycles. The SMILES string of the molecule is COC(=O)[C@@]1(F)[C@@H]2C=CC(=O)[C@@H]21. The second-order valence-electron chi connectivity index (χ2n) is 3.02. The molecule has 0 amide bonds. The molecule has 0 aromatic carbocycles. The van der Waals surface area contributed by atoms with Crippen LogP contribution in [0.3, 0.4) is 0 Å². The standard InChI is InChI=1S/C8H7FO3/c1-12-7(11)8(9)4-2-3-5(10)6(4)8/h2-4,6H,1H3/t4-,6-,8-/m1/s1. The molecule has 0 spiro atoms. The van der Waals surface area contributed by atoms with Crippen LogP contribution in [0.15, 0.2) is 12.2 Å². The number of esters is 1. The molecule has 0 heterocycles. The maximum absolute atomic E-state index is 13.5. The van der Waals surface area contributed by atoms with Crippen molar-refractivity contribution in [2.75, 3.05) is 7.11 Å². The first-order valence-corrected chi connectivity index (χ1v) is 3.61. The van der Waals surface area contributed by atoms with Crippen molar-refractivity contribution in [3.05, 3.63) is 12.2 Å². The van der Waals surface area contributed by atoms with E-state index in [9.17, 15) is 14.0 Å². The van der Waals surface area contributed by atoms with E-state index < -0.39 is 23.5 Å². The Balaban J connectivity index is 2.25. The number of hydrogen-bond acceptors (Lipinski definition) is 3. The molecule has 1 fully saturated rings. The third-order valence-corrected chi connectivity index (χ3v) is 2.46. The molecule has 12 heavy (non-hydrogen) atoms. The zero-order chi connectivity index (χ0) is 8.93. The number of alkyl halides is 1. The number of hydrogen-bond donors (Lipinski definition) is 0. The van der Waals surface area contributed by atoms with Crippen molar-refractivity contribution in [1.82, 2.24) is 0 Å². The molecule has 0 aliphatic heterocycles. The number of carbonyl (C=O) groups excluding carboxylic acids is 2. The van der Waals surface area contributed by atoms with E-state index in [0.717, 1.165) is 7.11 Å². The fourth-order valence-corrected chi connectivity index (χ4v) is 1.74. The van der Waals surface area contributed by atoms with Crippen LogP contribution in [-0.4, -0.2) is 24.5 Å². The van der Waals surface area contributed by atoms with Gasteiger partial charge in [0, 0.05) is 5.92 Å². The number of rotatable bonds is 1. The first-order chi connectivity index (χ1) is 5.62. The van der Waals surface area contributed by atoms with E-state index in [1.165, 1.54) is 12.2 Å². The number of fused-ring (bicyclic) bond motifs is 1. The van der Waals surface area contributed by atoms with Gasteiger partial charge >= 0.3 is 5.97 Å². The monoisotopic (exact) mass is 170 g/mol. The van der Waals surface area contributed by atoms with E-state index in [1.807, 2.05) is 0 Å². The van der Waals surface area contributed by atoms with Crippen molar-refractivity contribution in [3.8, 4) is 0 Å². The van der Waals surface area contributed by atoms with Crippen molar-refractivity contribution >= 4 is 11.8 Å². The summed E-state index contributed by atoms with van der Waals surface area (Å²) in [5.41, 5.74) is -2.05. The van der Waals surface area contributed by atoms with Gasteiger partial charge in [0.25, 0.3) is 0 Å². The van der Waals surface area contributed by atoms with Crippen molar-refractivity contribution in [3.63, 3.8) is 0 Å². The summed E-state index contributed by atoms with van der Waals surface area (Å²) in [7, 11) is 1.12. The minimum atomic E-state index is -2.05. The molecule has 4 heteroatoms. The summed E-state index contributed by atoms with van der Waals surface area (Å²) in [6.45, 7) is 0. The van der Waals surface area contributed by atoms with Gasteiger partial charge < -0.3 is 4.74 Å². The second-order valence-corrected chi connectivity index (χ2v) is 3.02. The lowest BCUT2D eigenvalue weighted by atomic mass is 10.2. The first kappa shape index (κ1) is 7.46. The highest BCUT2D eigenvalue weighted by Gasteiger charge is 2.75. The van der Waals surface area contributed by atoms with Gasteiger partial charge in [-0.15, -0.1) is 0 Å². The molecule has 3 atom stereocenters. The molecule has 0 N–H and O–H groups in total. The van der Waals surface area contributed by atoms with Crippen LogP contribution >= 0.6 is 0 Å². The Morgan fingerprint density at radius 1 is 1.75 bits per heavy atom. The topological polar surface area (TPSA) is 43.4 Å². The maximum Gasteiger partial charge on any atom is 0.345 e. The lowest BCUT2D eigenvalue weighted by Gasteiger charge is -2.04. The minimum Gasteiger partial charge on any atom is -0.467 e. The van der Waals surface area contributed by atoms with E-state index in [2.05, 4.69) is 4.74 Å². The lowest BCUT2D eigenvalue weighted by molar-refractivity contribution is -0.150. The van der Waals surface area contributed by atoms with Gasteiger partial charge in [-0.2, -0.15) is 0 Å². The van der Waals surface area contributed by atoms with Crippen molar-refractivity contribution in [2.24, 2.45) is 11.8 Å². The number of carbonyl (C=O) groups is 2. The van der Waals surface area contributed by atoms with Gasteiger partial charge in [-0.05, 0) is 6.08 Å². The Hall–Kier alpha value is -1.19. The quantitative estimate of drug-likeness (QED) is 0.530. The van der Waals surface area contributed by atoms with Crippen LogP contribution in [-0.2, 0) is 14.3 Å².